The Morgan fingerprint density at radius 3 is 2.83 bits per heavy atom. The van der Waals surface area contributed by atoms with Crippen LogP contribution in [0.25, 0.3) is 0 Å². The molecule has 23 heavy (non-hydrogen) atoms. The molecule has 2 aromatic rings. The summed E-state index contributed by atoms with van der Waals surface area (Å²) in [6, 6.07) is 11.0. The van der Waals surface area contributed by atoms with Crippen LogP contribution in [0.2, 0.25) is 0 Å². The van der Waals surface area contributed by atoms with Crippen molar-refractivity contribution in [3.63, 3.8) is 0 Å². The number of carbonyl (C=O) groups is 2. The molecule has 1 aromatic carbocycles. The molecular weight excluding hydrogens is 292 g/mol. The Kier molecular flexibility index (Phi) is 4.41. The van der Waals surface area contributed by atoms with E-state index < -0.39 is 6.04 Å². The number of likely N-dealkylation sites (tertiary alicyclic amines) is 1. The Hall–Kier alpha value is -2.63. The Morgan fingerprint density at radius 1 is 1.35 bits per heavy atom. The van der Waals surface area contributed by atoms with Gasteiger partial charge in [0, 0.05) is 18.3 Å². The number of nitrogens with zero attached hydrogens (tertiary/aromatic N) is 2. The lowest BCUT2D eigenvalue weighted by Crippen LogP contribution is -2.43. The summed E-state index contributed by atoms with van der Waals surface area (Å²) >= 11 is 0. The second kappa shape index (κ2) is 6.64. The maximum Gasteiger partial charge on any atom is 0.248 e. The number of anilines is 1. The zero-order valence-electron chi connectivity index (χ0n) is 13.1. The van der Waals surface area contributed by atoms with Gasteiger partial charge >= 0.3 is 0 Å². The quantitative estimate of drug-likeness (QED) is 0.905. The van der Waals surface area contributed by atoms with E-state index in [1.807, 2.05) is 37.3 Å². The SMILES string of the molecule is Cc1cc(NC(=O)C2CCCN2C(=O)Cc2ccccc2)n[nH]1. The third-order valence-electron chi connectivity index (χ3n) is 4.03. The minimum Gasteiger partial charge on any atom is -0.330 e. The van der Waals surface area contributed by atoms with E-state index in [9.17, 15) is 9.59 Å². The highest BCUT2D eigenvalue weighted by atomic mass is 16.2. The molecular formula is C17H20N4O2. The van der Waals surface area contributed by atoms with E-state index in [-0.39, 0.29) is 11.8 Å². The number of nitrogens with one attached hydrogen (secondary N) is 2. The number of hydrogen-bond acceptors (Lipinski definition) is 3. The molecule has 6 heteroatoms. The third-order valence-corrected chi connectivity index (χ3v) is 4.03. The molecule has 1 aliphatic rings. The second-order valence-corrected chi connectivity index (χ2v) is 5.83. The first-order valence-corrected chi connectivity index (χ1v) is 7.80. The molecule has 1 aromatic heterocycles. The molecule has 6 nitrogen and oxygen atoms in total. The average molecular weight is 312 g/mol. The molecule has 1 fully saturated rings. The molecule has 2 N–H and O–H groups in total. The van der Waals surface area contributed by atoms with Gasteiger partial charge in [0.1, 0.15) is 6.04 Å². The van der Waals surface area contributed by atoms with Crippen molar-refractivity contribution < 1.29 is 9.59 Å². The lowest BCUT2D eigenvalue weighted by atomic mass is 10.1. The number of amides is 2. The lowest BCUT2D eigenvalue weighted by molar-refractivity contribution is -0.136. The van der Waals surface area contributed by atoms with E-state index in [2.05, 4.69) is 15.5 Å². The number of aryl methyl sites for hydroxylation is 1. The maximum absolute atomic E-state index is 12.5. The van der Waals surface area contributed by atoms with Crippen molar-refractivity contribution in [1.82, 2.24) is 15.1 Å². The summed E-state index contributed by atoms with van der Waals surface area (Å²) in [5.74, 6) is 0.317. The smallest absolute Gasteiger partial charge is 0.248 e. The first kappa shape index (κ1) is 15.3. The Labute approximate surface area is 134 Å². The number of rotatable bonds is 4. The first-order chi connectivity index (χ1) is 11.1. The topological polar surface area (TPSA) is 78.1 Å². The molecule has 0 saturated carbocycles. The van der Waals surface area contributed by atoms with Crippen molar-refractivity contribution in [3.8, 4) is 0 Å². The van der Waals surface area contributed by atoms with Gasteiger partial charge in [0.05, 0.1) is 6.42 Å². The summed E-state index contributed by atoms with van der Waals surface area (Å²) in [5, 5.41) is 9.57. The highest BCUT2D eigenvalue weighted by Gasteiger charge is 2.34. The van der Waals surface area contributed by atoms with Gasteiger partial charge in [0.25, 0.3) is 0 Å². The van der Waals surface area contributed by atoms with E-state index in [0.717, 1.165) is 17.7 Å². The van der Waals surface area contributed by atoms with Gasteiger partial charge in [-0.05, 0) is 25.3 Å². The lowest BCUT2D eigenvalue weighted by Gasteiger charge is -2.23. The molecule has 2 heterocycles. The van der Waals surface area contributed by atoms with Crippen molar-refractivity contribution >= 4 is 17.6 Å². The van der Waals surface area contributed by atoms with Crippen molar-refractivity contribution in [2.45, 2.75) is 32.2 Å². The van der Waals surface area contributed by atoms with Crippen molar-refractivity contribution in [3.05, 3.63) is 47.7 Å². The average Bonchev–Trinajstić information content (AvgIpc) is 3.17. The summed E-state index contributed by atoms with van der Waals surface area (Å²) in [7, 11) is 0. The molecule has 3 rings (SSSR count). The Morgan fingerprint density at radius 2 is 2.13 bits per heavy atom. The van der Waals surface area contributed by atoms with Crippen LogP contribution in [0.1, 0.15) is 24.1 Å². The number of carbonyl (C=O) groups excluding carboxylic acids is 2. The fraction of sp³-hybridized carbons (Fsp3) is 0.353. The van der Waals surface area contributed by atoms with Crippen molar-refractivity contribution in [2.24, 2.45) is 0 Å². The van der Waals surface area contributed by atoms with Crippen LogP contribution in [0.5, 0.6) is 0 Å². The van der Waals surface area contributed by atoms with E-state index in [0.29, 0.717) is 25.2 Å². The van der Waals surface area contributed by atoms with Crippen LogP contribution in [0.4, 0.5) is 5.82 Å². The number of aromatic nitrogens is 2. The maximum atomic E-state index is 12.5. The molecule has 1 aliphatic heterocycles. The number of H-pyrrole nitrogens is 1. The molecule has 0 spiro atoms. The minimum atomic E-state index is -0.414. The van der Waals surface area contributed by atoms with Crippen LogP contribution >= 0.6 is 0 Å². The van der Waals surface area contributed by atoms with Crippen LogP contribution in [-0.2, 0) is 16.0 Å². The fourth-order valence-electron chi connectivity index (χ4n) is 2.90. The van der Waals surface area contributed by atoms with Crippen molar-refractivity contribution in [2.75, 3.05) is 11.9 Å². The van der Waals surface area contributed by atoms with E-state index >= 15 is 0 Å². The predicted octanol–water partition coefficient (Wildman–Crippen LogP) is 1.89. The van der Waals surface area contributed by atoms with Gasteiger partial charge in [-0.3, -0.25) is 14.7 Å². The van der Waals surface area contributed by atoms with Gasteiger partial charge in [-0.25, -0.2) is 0 Å². The van der Waals surface area contributed by atoms with Crippen LogP contribution in [-0.4, -0.2) is 39.5 Å². The summed E-state index contributed by atoms with van der Waals surface area (Å²) < 4.78 is 0. The van der Waals surface area contributed by atoms with Crippen LogP contribution in [0.3, 0.4) is 0 Å². The summed E-state index contributed by atoms with van der Waals surface area (Å²) in [6.07, 6.45) is 1.86. The van der Waals surface area contributed by atoms with Gasteiger partial charge in [-0.1, -0.05) is 30.3 Å². The summed E-state index contributed by atoms with van der Waals surface area (Å²) in [5.41, 5.74) is 1.84. The monoisotopic (exact) mass is 312 g/mol. The van der Waals surface area contributed by atoms with Gasteiger partial charge < -0.3 is 10.2 Å². The van der Waals surface area contributed by atoms with Crippen LogP contribution in [0.15, 0.2) is 36.4 Å². The fourth-order valence-corrected chi connectivity index (χ4v) is 2.90. The second-order valence-electron chi connectivity index (χ2n) is 5.83. The number of hydrogen-bond donors (Lipinski definition) is 2. The molecule has 1 unspecified atom stereocenters. The first-order valence-electron chi connectivity index (χ1n) is 7.80. The third kappa shape index (κ3) is 3.59. The van der Waals surface area contributed by atoms with E-state index in [1.165, 1.54) is 0 Å². The van der Waals surface area contributed by atoms with E-state index in [1.54, 1.807) is 11.0 Å². The van der Waals surface area contributed by atoms with Crippen molar-refractivity contribution in [1.29, 1.82) is 0 Å². The zero-order chi connectivity index (χ0) is 16.2. The van der Waals surface area contributed by atoms with Gasteiger partial charge in [0.2, 0.25) is 11.8 Å². The Bertz CT molecular complexity index is 696. The van der Waals surface area contributed by atoms with Crippen LogP contribution in [0, 0.1) is 6.92 Å². The molecule has 0 bridgehead atoms. The number of aromatic amines is 1. The normalized spacial score (nSPS) is 17.3. The van der Waals surface area contributed by atoms with Gasteiger partial charge in [0.15, 0.2) is 5.82 Å². The zero-order valence-corrected chi connectivity index (χ0v) is 13.1. The van der Waals surface area contributed by atoms with Gasteiger partial charge in [-0.15, -0.1) is 0 Å². The van der Waals surface area contributed by atoms with Gasteiger partial charge in [-0.2, -0.15) is 5.10 Å². The molecule has 120 valence electrons. The minimum absolute atomic E-state index is 0.00735. The predicted molar refractivity (Wildman–Crippen MR) is 86.8 cm³/mol. The summed E-state index contributed by atoms with van der Waals surface area (Å²) in [4.78, 5) is 26.6. The Balaban J connectivity index is 1.64. The highest BCUT2D eigenvalue weighted by Crippen LogP contribution is 2.20. The summed E-state index contributed by atoms with van der Waals surface area (Å²) in [6.45, 7) is 2.50. The standard InChI is InChI=1S/C17H20N4O2/c1-12-10-15(20-19-12)18-17(23)14-8-5-9-21(14)16(22)11-13-6-3-2-4-7-13/h2-4,6-7,10,14H,5,8-9,11H2,1H3,(H2,18,19,20,23). The molecule has 0 radical (unpaired) electrons. The molecule has 1 saturated heterocycles. The van der Waals surface area contributed by atoms with Crippen LogP contribution < -0.4 is 5.32 Å². The molecule has 1 atom stereocenters. The highest BCUT2D eigenvalue weighted by molar-refractivity contribution is 5.97. The molecule has 0 aliphatic carbocycles. The molecule has 2 amide bonds. The number of benzene rings is 1. The largest absolute Gasteiger partial charge is 0.330 e. The van der Waals surface area contributed by atoms with E-state index in [4.69, 9.17) is 0 Å².